The van der Waals surface area contributed by atoms with Crippen molar-refractivity contribution in [2.75, 3.05) is 0 Å². The number of amides is 1. The number of carbonyl (C=O) groups is 1. The van der Waals surface area contributed by atoms with Gasteiger partial charge in [-0.05, 0) is 95.1 Å². The maximum atomic E-state index is 13.0. The molecule has 0 atom stereocenters. The third-order valence-corrected chi connectivity index (χ3v) is 6.08. The molecule has 154 valence electrons. The summed E-state index contributed by atoms with van der Waals surface area (Å²) in [7, 11) is 0. The predicted molar refractivity (Wildman–Crippen MR) is 125 cm³/mol. The molecule has 1 aliphatic heterocycles. The molecule has 0 saturated carbocycles. The van der Waals surface area contributed by atoms with Crippen molar-refractivity contribution in [2.45, 2.75) is 67.0 Å². The van der Waals surface area contributed by atoms with E-state index in [1.54, 1.807) is 4.90 Å². The fourth-order valence-corrected chi connectivity index (χ4v) is 4.83. The lowest BCUT2D eigenvalue weighted by Crippen LogP contribution is -2.35. The Morgan fingerprint density at radius 1 is 1.10 bits per heavy atom. The molecule has 0 spiro atoms. The third kappa shape index (κ3) is 4.35. The maximum absolute atomic E-state index is 13.0. The molecule has 1 amide bonds. The largest absolute Gasteiger partial charge is 0.318 e. The van der Waals surface area contributed by atoms with Crippen molar-refractivity contribution in [3.05, 3.63) is 57.8 Å². The number of benzene rings is 1. The van der Waals surface area contributed by atoms with Gasteiger partial charge in [-0.1, -0.05) is 19.1 Å². The van der Waals surface area contributed by atoms with Crippen molar-refractivity contribution < 1.29 is 4.79 Å². The first-order valence-electron chi connectivity index (χ1n) is 10.3. The van der Waals surface area contributed by atoms with E-state index < -0.39 is 0 Å². The summed E-state index contributed by atoms with van der Waals surface area (Å²) in [6.45, 7) is 14.5. The molecule has 0 N–H and O–H groups in total. The second-order valence-electron chi connectivity index (χ2n) is 8.07. The van der Waals surface area contributed by atoms with Gasteiger partial charge in [-0.2, -0.15) is 0 Å². The van der Waals surface area contributed by atoms with E-state index in [0.717, 1.165) is 39.1 Å². The molecule has 0 bridgehead atoms. The number of aliphatic imine (C=N–C) groups is 1. The first kappa shape index (κ1) is 21.4. The normalized spacial score (nSPS) is 17.6. The first-order chi connectivity index (χ1) is 13.7. The highest BCUT2D eigenvalue weighted by Crippen LogP contribution is 2.35. The zero-order valence-corrected chi connectivity index (χ0v) is 19.3. The van der Waals surface area contributed by atoms with Gasteiger partial charge in [-0.25, -0.2) is 0 Å². The van der Waals surface area contributed by atoms with Crippen LogP contribution in [0.4, 0.5) is 0 Å². The Labute approximate surface area is 178 Å². The summed E-state index contributed by atoms with van der Waals surface area (Å²) in [5.41, 5.74) is 5.85. The zero-order valence-electron chi connectivity index (χ0n) is 18.5. The predicted octanol–water partition coefficient (Wildman–Crippen LogP) is 5.75. The first-order valence-corrected chi connectivity index (χ1v) is 11.1. The second-order valence-corrected chi connectivity index (χ2v) is 9.08. The van der Waals surface area contributed by atoms with E-state index >= 15 is 0 Å². The lowest BCUT2D eigenvalue weighted by atomic mass is 10.1. The van der Waals surface area contributed by atoms with Crippen LogP contribution in [0, 0.1) is 13.8 Å². The molecule has 0 unspecified atom stereocenters. The number of rotatable bonds is 5. The van der Waals surface area contributed by atoms with Gasteiger partial charge < -0.3 is 4.57 Å². The monoisotopic (exact) mass is 409 g/mol. The van der Waals surface area contributed by atoms with Crippen molar-refractivity contribution in [1.29, 1.82) is 0 Å². The highest BCUT2D eigenvalue weighted by atomic mass is 32.2. The summed E-state index contributed by atoms with van der Waals surface area (Å²) >= 11 is 1.48. The zero-order chi connectivity index (χ0) is 21.3. The molecule has 5 heteroatoms. The molecule has 1 aromatic carbocycles. The summed E-state index contributed by atoms with van der Waals surface area (Å²) in [5, 5.41) is 0.801. The van der Waals surface area contributed by atoms with E-state index in [0.29, 0.717) is 0 Å². The second kappa shape index (κ2) is 8.62. The molecule has 2 heterocycles. The van der Waals surface area contributed by atoms with Gasteiger partial charge in [0, 0.05) is 29.2 Å². The Hall–Kier alpha value is -2.27. The highest BCUT2D eigenvalue weighted by molar-refractivity contribution is 8.18. The number of thioether (sulfide) groups is 1. The molecule has 1 fully saturated rings. The lowest BCUT2D eigenvalue weighted by Gasteiger charge is -2.20. The SMILES string of the molecule is CCc1ccc(-n2c(C)cc(/C=C3/SC(=NC(C)C)N(C(C)C)C3=O)c2C)cc1. The molecule has 4 nitrogen and oxygen atoms in total. The number of amidine groups is 1. The number of aryl methyl sites for hydroxylation is 2. The van der Waals surface area contributed by atoms with Gasteiger partial charge in [-0.15, -0.1) is 0 Å². The van der Waals surface area contributed by atoms with Crippen molar-refractivity contribution in [2.24, 2.45) is 4.99 Å². The number of nitrogens with zero attached hydrogens (tertiary/aromatic N) is 3. The molecule has 1 aliphatic rings. The fraction of sp³-hybridized carbons (Fsp3) is 0.417. The van der Waals surface area contributed by atoms with Gasteiger partial charge in [0.25, 0.3) is 5.91 Å². The Morgan fingerprint density at radius 2 is 1.76 bits per heavy atom. The highest BCUT2D eigenvalue weighted by Gasteiger charge is 2.35. The number of aromatic nitrogens is 1. The van der Waals surface area contributed by atoms with Gasteiger partial charge in [0.1, 0.15) is 0 Å². The van der Waals surface area contributed by atoms with Crippen LogP contribution < -0.4 is 0 Å². The number of hydrogen-bond donors (Lipinski definition) is 0. The summed E-state index contributed by atoms with van der Waals surface area (Å²) in [4.78, 5) is 20.2. The van der Waals surface area contributed by atoms with Crippen LogP contribution in [0.2, 0.25) is 0 Å². The number of carbonyl (C=O) groups excluding carboxylic acids is 1. The smallest absolute Gasteiger partial charge is 0.266 e. The Bertz CT molecular complexity index is 965. The molecule has 1 aromatic heterocycles. The minimum absolute atomic E-state index is 0.0431. The van der Waals surface area contributed by atoms with E-state index in [9.17, 15) is 4.79 Å². The minimum atomic E-state index is 0.0431. The van der Waals surface area contributed by atoms with Crippen LogP contribution >= 0.6 is 11.8 Å². The van der Waals surface area contributed by atoms with E-state index in [-0.39, 0.29) is 18.0 Å². The fourth-order valence-electron chi connectivity index (χ4n) is 3.61. The van der Waals surface area contributed by atoms with E-state index in [1.165, 1.54) is 17.3 Å². The molecular formula is C24H31N3OS. The van der Waals surface area contributed by atoms with Crippen LogP contribution in [-0.2, 0) is 11.2 Å². The quantitative estimate of drug-likeness (QED) is 0.590. The van der Waals surface area contributed by atoms with E-state index in [4.69, 9.17) is 0 Å². The van der Waals surface area contributed by atoms with Gasteiger partial charge in [0.2, 0.25) is 0 Å². The van der Waals surface area contributed by atoms with Crippen molar-refractivity contribution in [1.82, 2.24) is 9.47 Å². The summed E-state index contributed by atoms with van der Waals surface area (Å²) in [6, 6.07) is 11.1. The van der Waals surface area contributed by atoms with Crippen LogP contribution in [-0.4, -0.2) is 32.6 Å². The van der Waals surface area contributed by atoms with Crippen LogP contribution in [0.1, 0.15) is 57.1 Å². The van der Waals surface area contributed by atoms with Crippen LogP contribution in [0.5, 0.6) is 0 Å². The Kier molecular flexibility index (Phi) is 6.37. The molecule has 2 aromatic rings. The minimum Gasteiger partial charge on any atom is -0.318 e. The summed E-state index contributed by atoms with van der Waals surface area (Å²) in [6.07, 6.45) is 3.05. The van der Waals surface area contributed by atoms with E-state index in [2.05, 4.69) is 60.7 Å². The third-order valence-electron chi connectivity index (χ3n) is 5.08. The van der Waals surface area contributed by atoms with Gasteiger partial charge >= 0.3 is 0 Å². The molecule has 3 rings (SSSR count). The summed E-state index contributed by atoms with van der Waals surface area (Å²) < 4.78 is 2.25. The molecule has 0 aliphatic carbocycles. The van der Waals surface area contributed by atoms with Crippen LogP contribution in [0.3, 0.4) is 0 Å². The van der Waals surface area contributed by atoms with Gasteiger partial charge in [0.05, 0.1) is 4.91 Å². The standard InChI is InChI=1S/C24H31N3OS/c1-8-19-9-11-21(12-10-19)27-17(6)13-20(18(27)7)14-22-23(28)26(16(4)5)24(29-22)25-15(2)3/h9-16H,8H2,1-7H3/b22-14+,25-24?. The van der Waals surface area contributed by atoms with Crippen LogP contribution in [0.25, 0.3) is 11.8 Å². The lowest BCUT2D eigenvalue weighted by molar-refractivity contribution is -0.123. The van der Waals surface area contributed by atoms with E-state index in [1.807, 2.05) is 33.8 Å². The topological polar surface area (TPSA) is 37.6 Å². The Morgan fingerprint density at radius 3 is 2.31 bits per heavy atom. The molecule has 29 heavy (non-hydrogen) atoms. The average molecular weight is 410 g/mol. The molecular weight excluding hydrogens is 378 g/mol. The van der Waals surface area contributed by atoms with Crippen molar-refractivity contribution in [3.63, 3.8) is 0 Å². The van der Waals surface area contributed by atoms with Crippen molar-refractivity contribution in [3.8, 4) is 5.69 Å². The van der Waals surface area contributed by atoms with Gasteiger partial charge in [-0.3, -0.25) is 14.7 Å². The molecule has 1 saturated heterocycles. The van der Waals surface area contributed by atoms with Crippen LogP contribution in [0.15, 0.2) is 40.2 Å². The Balaban J connectivity index is 1.99. The summed E-state index contributed by atoms with van der Waals surface area (Å²) in [5.74, 6) is 0.0431. The molecule has 0 radical (unpaired) electrons. The maximum Gasteiger partial charge on any atom is 0.266 e. The number of hydrogen-bond acceptors (Lipinski definition) is 3. The average Bonchev–Trinajstić information content (AvgIpc) is 3.10. The van der Waals surface area contributed by atoms with Crippen molar-refractivity contribution >= 4 is 28.9 Å². The van der Waals surface area contributed by atoms with Gasteiger partial charge in [0.15, 0.2) is 5.17 Å².